The van der Waals surface area contributed by atoms with E-state index in [9.17, 15) is 18.0 Å². The molecule has 1 aliphatic carbocycles. The van der Waals surface area contributed by atoms with Crippen molar-refractivity contribution in [1.82, 2.24) is 19.4 Å². The van der Waals surface area contributed by atoms with Crippen LogP contribution in [0.5, 0.6) is 0 Å². The van der Waals surface area contributed by atoms with Crippen LogP contribution in [0.1, 0.15) is 36.1 Å². The second kappa shape index (κ2) is 10.4. The van der Waals surface area contributed by atoms with Crippen molar-refractivity contribution < 1.29 is 17.8 Å². The number of fused-ring (bicyclic) bond motifs is 1. The molecule has 38 heavy (non-hydrogen) atoms. The van der Waals surface area contributed by atoms with Gasteiger partial charge >= 0.3 is 5.69 Å². The maximum Gasteiger partial charge on any atom is 0.329 e. The lowest BCUT2D eigenvalue weighted by atomic mass is 9.99. The molecule has 1 unspecified atom stereocenters. The van der Waals surface area contributed by atoms with Crippen molar-refractivity contribution in [3.63, 3.8) is 0 Å². The summed E-state index contributed by atoms with van der Waals surface area (Å²) in [4.78, 5) is 28.0. The Kier molecular flexibility index (Phi) is 7.13. The Bertz CT molecular complexity index is 1650. The van der Waals surface area contributed by atoms with Gasteiger partial charge in [0.15, 0.2) is 0 Å². The van der Waals surface area contributed by atoms with Gasteiger partial charge in [-0.2, -0.15) is 8.42 Å². The number of rotatable bonds is 4. The van der Waals surface area contributed by atoms with Crippen molar-refractivity contribution in [3.05, 3.63) is 82.3 Å². The van der Waals surface area contributed by atoms with Gasteiger partial charge in [0.1, 0.15) is 6.54 Å². The molecule has 1 aromatic heterocycles. The first-order chi connectivity index (χ1) is 18.2. The second-order valence-corrected chi connectivity index (χ2v) is 11.4. The molecule has 0 bridgehead atoms. The maximum atomic E-state index is 13.4. The molecule has 2 aliphatic rings. The van der Waals surface area contributed by atoms with Crippen molar-refractivity contribution >= 4 is 37.8 Å². The Labute approximate surface area is 221 Å². The van der Waals surface area contributed by atoms with Crippen LogP contribution in [0.3, 0.4) is 0 Å². The van der Waals surface area contributed by atoms with Crippen LogP contribution in [0.25, 0.3) is 21.8 Å². The molecule has 1 aliphatic heterocycles. The number of para-hydroxylation sites is 2. The van der Waals surface area contributed by atoms with E-state index in [1.165, 1.54) is 21.9 Å². The van der Waals surface area contributed by atoms with Gasteiger partial charge in [0.25, 0.3) is 10.1 Å². The summed E-state index contributed by atoms with van der Waals surface area (Å²) in [5.74, 6) is -0.162. The van der Waals surface area contributed by atoms with Crippen LogP contribution in [-0.4, -0.2) is 59.3 Å². The summed E-state index contributed by atoms with van der Waals surface area (Å²) in [6, 6.07) is 21.7. The Morgan fingerprint density at radius 3 is 2.29 bits per heavy atom. The molecule has 1 saturated heterocycles. The molecule has 0 radical (unpaired) electrons. The molecule has 0 spiro atoms. The van der Waals surface area contributed by atoms with Crippen molar-refractivity contribution in [1.29, 1.82) is 0 Å². The summed E-state index contributed by atoms with van der Waals surface area (Å²) in [5.41, 5.74) is 4.55. The summed E-state index contributed by atoms with van der Waals surface area (Å²) in [6.45, 7) is 1.97. The zero-order chi connectivity index (χ0) is 27.0. The summed E-state index contributed by atoms with van der Waals surface area (Å²) < 4.78 is 29.4. The van der Waals surface area contributed by atoms with Crippen LogP contribution in [0, 0.1) is 0 Å². The zero-order valence-corrected chi connectivity index (χ0v) is 22.3. The molecule has 200 valence electrons. The SMILES string of the molecule is CNC(=O)Cn1c(=O)n(C2CCN(C3Cc4cccc5cccc3c45)CC2)c2ccccc21.CS(=O)(=O)O. The standard InChI is InChI=1S/C27H28N4O2.CH4O3S/c1-28-25(32)17-30-22-10-2-3-11-23(22)31(27(30)33)20-12-14-29(15-13-20)24-16-19-8-4-6-18-7-5-9-21(24)26(18)19;1-5(2,3)4/h2-11,20,24H,12-17H2,1H3,(H,28,32);1H3,(H,2,3,4). The highest BCUT2D eigenvalue weighted by molar-refractivity contribution is 7.85. The number of carbonyl (C=O) groups excluding carboxylic acids is 1. The number of nitrogens with one attached hydrogen (secondary N) is 1. The molecule has 2 heterocycles. The molecule has 10 heteroatoms. The van der Waals surface area contributed by atoms with E-state index in [1.54, 1.807) is 11.6 Å². The lowest BCUT2D eigenvalue weighted by Gasteiger charge is -2.36. The molecule has 2 N–H and O–H groups in total. The van der Waals surface area contributed by atoms with Crippen LogP contribution in [0.2, 0.25) is 0 Å². The van der Waals surface area contributed by atoms with Crippen molar-refractivity contribution in [2.45, 2.75) is 37.9 Å². The normalized spacial score (nSPS) is 17.9. The Morgan fingerprint density at radius 2 is 1.63 bits per heavy atom. The molecule has 1 atom stereocenters. The topological polar surface area (TPSA) is 114 Å². The van der Waals surface area contributed by atoms with Crippen LogP contribution >= 0.6 is 0 Å². The number of amides is 1. The number of piperidine rings is 1. The van der Waals surface area contributed by atoms with Gasteiger partial charge in [0.05, 0.1) is 17.3 Å². The molecule has 4 aromatic rings. The van der Waals surface area contributed by atoms with Gasteiger partial charge in [0.2, 0.25) is 5.91 Å². The van der Waals surface area contributed by atoms with E-state index in [0.29, 0.717) is 12.3 Å². The average Bonchev–Trinajstić information content (AvgIpc) is 3.40. The van der Waals surface area contributed by atoms with Gasteiger partial charge < -0.3 is 5.32 Å². The number of imidazole rings is 1. The monoisotopic (exact) mass is 536 g/mol. The fourth-order valence-electron chi connectivity index (χ4n) is 5.96. The highest BCUT2D eigenvalue weighted by atomic mass is 32.2. The lowest BCUT2D eigenvalue weighted by molar-refractivity contribution is -0.121. The van der Waals surface area contributed by atoms with E-state index in [0.717, 1.165) is 43.4 Å². The lowest BCUT2D eigenvalue weighted by Crippen LogP contribution is -2.40. The molecule has 1 amide bonds. The van der Waals surface area contributed by atoms with E-state index in [-0.39, 0.29) is 24.2 Å². The van der Waals surface area contributed by atoms with E-state index < -0.39 is 10.1 Å². The summed E-state index contributed by atoms with van der Waals surface area (Å²) >= 11 is 0. The molecule has 6 rings (SSSR count). The highest BCUT2D eigenvalue weighted by Gasteiger charge is 2.33. The number of benzene rings is 3. The minimum atomic E-state index is -3.67. The zero-order valence-electron chi connectivity index (χ0n) is 21.5. The second-order valence-electron chi connectivity index (χ2n) is 9.98. The molecule has 9 nitrogen and oxygen atoms in total. The number of aromatic nitrogens is 2. The predicted molar refractivity (Wildman–Crippen MR) is 148 cm³/mol. The molecular formula is C28H32N4O5S. The number of carbonyl (C=O) groups is 1. The third kappa shape index (κ3) is 5.11. The van der Waals surface area contributed by atoms with Crippen LogP contribution in [-0.2, 0) is 27.9 Å². The number of likely N-dealkylation sites (N-methyl/N-ethyl adjacent to an activating group) is 1. The van der Waals surface area contributed by atoms with E-state index in [4.69, 9.17) is 4.55 Å². The number of nitrogens with zero attached hydrogens (tertiary/aromatic N) is 3. The van der Waals surface area contributed by atoms with Crippen LogP contribution < -0.4 is 11.0 Å². The molecular weight excluding hydrogens is 504 g/mol. The van der Waals surface area contributed by atoms with Gasteiger partial charge in [-0.1, -0.05) is 48.5 Å². The van der Waals surface area contributed by atoms with Gasteiger partial charge in [-0.3, -0.25) is 23.4 Å². The summed E-state index contributed by atoms with van der Waals surface area (Å²) in [5, 5.41) is 5.39. The quantitative estimate of drug-likeness (QED) is 0.388. The largest absolute Gasteiger partial charge is 0.358 e. The minimum Gasteiger partial charge on any atom is -0.358 e. The summed E-state index contributed by atoms with van der Waals surface area (Å²) in [6.07, 6.45) is 3.63. The van der Waals surface area contributed by atoms with Gasteiger partial charge in [0, 0.05) is 32.2 Å². The van der Waals surface area contributed by atoms with E-state index >= 15 is 0 Å². The number of likely N-dealkylation sites (tertiary alicyclic amines) is 1. The van der Waals surface area contributed by atoms with Crippen LogP contribution in [0.4, 0.5) is 0 Å². The third-order valence-electron chi connectivity index (χ3n) is 7.55. The minimum absolute atomic E-state index is 0.0476. The number of hydrogen-bond donors (Lipinski definition) is 2. The molecule has 0 saturated carbocycles. The van der Waals surface area contributed by atoms with Gasteiger partial charge in [-0.15, -0.1) is 0 Å². The smallest absolute Gasteiger partial charge is 0.329 e. The van der Waals surface area contributed by atoms with E-state index in [2.05, 4.69) is 46.6 Å². The van der Waals surface area contributed by atoms with Crippen molar-refractivity contribution in [2.24, 2.45) is 0 Å². The van der Waals surface area contributed by atoms with Crippen molar-refractivity contribution in [3.8, 4) is 0 Å². The Balaban J connectivity index is 0.000000540. The first-order valence-electron chi connectivity index (χ1n) is 12.7. The fraction of sp³-hybridized carbons (Fsp3) is 0.357. The average molecular weight is 537 g/mol. The van der Waals surface area contributed by atoms with Gasteiger partial charge in [-0.25, -0.2) is 4.79 Å². The fourth-order valence-corrected chi connectivity index (χ4v) is 5.96. The highest BCUT2D eigenvalue weighted by Crippen LogP contribution is 2.41. The third-order valence-corrected chi connectivity index (χ3v) is 7.55. The predicted octanol–water partition coefficient (Wildman–Crippen LogP) is 3.14. The Hall–Kier alpha value is -3.47. The van der Waals surface area contributed by atoms with E-state index in [1.807, 2.05) is 28.8 Å². The molecule has 3 aromatic carbocycles. The van der Waals surface area contributed by atoms with Crippen molar-refractivity contribution in [2.75, 3.05) is 26.4 Å². The molecule has 1 fully saturated rings. The first kappa shape index (κ1) is 26.1. The first-order valence-corrected chi connectivity index (χ1v) is 14.6. The maximum absolute atomic E-state index is 13.4. The Morgan fingerprint density at radius 1 is 1.00 bits per heavy atom. The number of hydrogen-bond acceptors (Lipinski definition) is 5. The summed E-state index contributed by atoms with van der Waals surface area (Å²) in [7, 11) is -2.07. The van der Waals surface area contributed by atoms with Gasteiger partial charge in [-0.05, 0) is 53.3 Å². The van der Waals surface area contributed by atoms with Crippen LogP contribution in [0.15, 0.2) is 65.5 Å².